The van der Waals surface area contributed by atoms with Gasteiger partial charge in [0.15, 0.2) is 0 Å². The van der Waals surface area contributed by atoms with Crippen LogP contribution >= 0.6 is 31.9 Å². The SMILES string of the molecule is CCn1c(N2CC[C@@H](N)C2)nc2c(C#N)c(Br)c(Br)cc21. The van der Waals surface area contributed by atoms with Gasteiger partial charge in [0.1, 0.15) is 11.6 Å². The van der Waals surface area contributed by atoms with Gasteiger partial charge in [0, 0.05) is 30.1 Å². The van der Waals surface area contributed by atoms with Crippen LogP contribution in [0, 0.1) is 11.3 Å². The first kappa shape index (κ1) is 14.8. The Hall–Kier alpha value is -1.10. The van der Waals surface area contributed by atoms with Gasteiger partial charge >= 0.3 is 0 Å². The van der Waals surface area contributed by atoms with Crippen LogP contribution in [0.2, 0.25) is 0 Å². The summed E-state index contributed by atoms with van der Waals surface area (Å²) in [4.78, 5) is 6.94. The van der Waals surface area contributed by atoms with Crippen molar-refractivity contribution in [2.45, 2.75) is 25.9 Å². The molecule has 21 heavy (non-hydrogen) atoms. The molecule has 7 heteroatoms. The van der Waals surface area contributed by atoms with E-state index in [1.54, 1.807) is 0 Å². The molecule has 5 nitrogen and oxygen atoms in total. The van der Waals surface area contributed by atoms with Crippen LogP contribution in [0.1, 0.15) is 18.9 Å². The number of nitriles is 1. The Morgan fingerprint density at radius 2 is 2.29 bits per heavy atom. The smallest absolute Gasteiger partial charge is 0.206 e. The van der Waals surface area contributed by atoms with Gasteiger partial charge in [-0.3, -0.25) is 0 Å². The minimum Gasteiger partial charge on any atom is -0.341 e. The second-order valence-electron chi connectivity index (χ2n) is 5.18. The topological polar surface area (TPSA) is 70.9 Å². The first-order chi connectivity index (χ1) is 10.1. The highest BCUT2D eigenvalue weighted by atomic mass is 79.9. The fourth-order valence-corrected chi connectivity index (χ4v) is 3.62. The maximum Gasteiger partial charge on any atom is 0.206 e. The summed E-state index contributed by atoms with van der Waals surface area (Å²) >= 11 is 6.96. The van der Waals surface area contributed by atoms with Crippen molar-refractivity contribution in [3.8, 4) is 6.07 Å². The second kappa shape index (κ2) is 5.59. The van der Waals surface area contributed by atoms with Crippen LogP contribution in [-0.4, -0.2) is 28.7 Å². The minimum absolute atomic E-state index is 0.198. The van der Waals surface area contributed by atoms with Crippen molar-refractivity contribution in [2.75, 3.05) is 18.0 Å². The molecule has 110 valence electrons. The van der Waals surface area contributed by atoms with E-state index in [-0.39, 0.29) is 6.04 Å². The van der Waals surface area contributed by atoms with Crippen LogP contribution in [0.5, 0.6) is 0 Å². The summed E-state index contributed by atoms with van der Waals surface area (Å²) < 4.78 is 3.76. The fourth-order valence-electron chi connectivity index (χ4n) is 2.81. The summed E-state index contributed by atoms with van der Waals surface area (Å²) in [5.74, 6) is 0.905. The molecular formula is C14H15Br2N5. The maximum absolute atomic E-state index is 9.44. The minimum atomic E-state index is 0.198. The molecule has 1 aromatic carbocycles. The summed E-state index contributed by atoms with van der Waals surface area (Å²) in [5, 5.41) is 9.44. The Morgan fingerprint density at radius 3 is 2.86 bits per heavy atom. The number of fused-ring (bicyclic) bond motifs is 1. The summed E-state index contributed by atoms with van der Waals surface area (Å²) in [7, 11) is 0. The average Bonchev–Trinajstić information content (AvgIpc) is 3.03. The third-order valence-electron chi connectivity index (χ3n) is 3.85. The number of aryl methyl sites for hydroxylation is 1. The van der Waals surface area contributed by atoms with Crippen LogP contribution in [0.25, 0.3) is 11.0 Å². The highest BCUT2D eigenvalue weighted by Gasteiger charge is 2.25. The number of imidazole rings is 1. The van der Waals surface area contributed by atoms with E-state index in [4.69, 9.17) is 10.7 Å². The Kier molecular flexibility index (Phi) is 3.95. The Bertz CT molecular complexity index is 746. The van der Waals surface area contributed by atoms with Crippen molar-refractivity contribution in [3.05, 3.63) is 20.6 Å². The van der Waals surface area contributed by atoms with Gasteiger partial charge in [0.2, 0.25) is 5.95 Å². The molecule has 1 atom stereocenters. The number of anilines is 1. The van der Waals surface area contributed by atoms with Gasteiger partial charge in [-0.1, -0.05) is 0 Å². The molecule has 0 saturated carbocycles. The van der Waals surface area contributed by atoms with Crippen LogP contribution in [0.3, 0.4) is 0 Å². The number of nitrogens with zero attached hydrogens (tertiary/aromatic N) is 4. The molecule has 0 amide bonds. The lowest BCUT2D eigenvalue weighted by atomic mass is 10.2. The quantitative estimate of drug-likeness (QED) is 0.822. The van der Waals surface area contributed by atoms with Crippen molar-refractivity contribution in [3.63, 3.8) is 0 Å². The van der Waals surface area contributed by atoms with Crippen molar-refractivity contribution in [1.82, 2.24) is 9.55 Å². The first-order valence-electron chi connectivity index (χ1n) is 6.85. The van der Waals surface area contributed by atoms with Gasteiger partial charge in [0.05, 0.1) is 15.6 Å². The monoisotopic (exact) mass is 411 g/mol. The number of aromatic nitrogens is 2. The van der Waals surface area contributed by atoms with E-state index in [0.29, 0.717) is 5.56 Å². The third-order valence-corrected chi connectivity index (χ3v) is 5.83. The van der Waals surface area contributed by atoms with Crippen molar-refractivity contribution >= 4 is 48.8 Å². The molecule has 1 aliphatic rings. The van der Waals surface area contributed by atoms with Gasteiger partial charge in [0.25, 0.3) is 0 Å². The summed E-state index contributed by atoms with van der Waals surface area (Å²) in [6.07, 6.45) is 0.978. The molecular weight excluding hydrogens is 398 g/mol. The molecule has 2 N–H and O–H groups in total. The summed E-state index contributed by atoms with van der Waals surface area (Å²) in [6.45, 7) is 4.61. The fraction of sp³-hybridized carbons (Fsp3) is 0.429. The van der Waals surface area contributed by atoms with Crippen LogP contribution in [-0.2, 0) is 6.54 Å². The summed E-state index contributed by atoms with van der Waals surface area (Å²) in [5.41, 5.74) is 8.29. The molecule has 2 aromatic rings. The lowest BCUT2D eigenvalue weighted by molar-refractivity contribution is 0.731. The van der Waals surface area contributed by atoms with E-state index < -0.39 is 0 Å². The van der Waals surface area contributed by atoms with Crippen molar-refractivity contribution in [2.24, 2.45) is 5.73 Å². The molecule has 0 unspecified atom stereocenters. The van der Waals surface area contributed by atoms with Gasteiger partial charge in [-0.2, -0.15) is 5.26 Å². The van der Waals surface area contributed by atoms with Crippen LogP contribution in [0.15, 0.2) is 15.0 Å². The molecule has 0 aliphatic carbocycles. The Balaban J connectivity index is 2.25. The number of rotatable bonds is 2. The number of hydrogen-bond acceptors (Lipinski definition) is 4. The molecule has 1 aliphatic heterocycles. The standard InChI is InChI=1S/C14H15Br2N5/c1-2-21-11-5-10(15)12(16)9(6-17)13(11)19-14(21)20-4-3-8(18)7-20/h5,8H,2-4,7,18H2,1H3/t8-/m1/s1. The van der Waals surface area contributed by atoms with E-state index >= 15 is 0 Å². The van der Waals surface area contributed by atoms with E-state index in [1.807, 2.05) is 6.07 Å². The van der Waals surface area contributed by atoms with Gasteiger partial charge in [-0.25, -0.2) is 4.98 Å². The molecule has 3 rings (SSSR count). The molecule has 0 spiro atoms. The number of halogens is 2. The largest absolute Gasteiger partial charge is 0.341 e. The van der Waals surface area contributed by atoms with E-state index in [9.17, 15) is 5.26 Å². The number of benzene rings is 1. The Labute approximate surface area is 140 Å². The van der Waals surface area contributed by atoms with E-state index in [2.05, 4.69) is 54.3 Å². The van der Waals surface area contributed by atoms with Gasteiger partial charge in [-0.05, 0) is 51.3 Å². The lowest BCUT2D eigenvalue weighted by Gasteiger charge is -2.18. The van der Waals surface area contributed by atoms with E-state index in [0.717, 1.165) is 52.0 Å². The molecule has 0 radical (unpaired) electrons. The van der Waals surface area contributed by atoms with Gasteiger partial charge < -0.3 is 15.2 Å². The maximum atomic E-state index is 9.44. The predicted octanol–water partition coefficient (Wildman–Crippen LogP) is 2.99. The number of hydrogen-bond donors (Lipinski definition) is 1. The Morgan fingerprint density at radius 1 is 1.52 bits per heavy atom. The predicted molar refractivity (Wildman–Crippen MR) is 90.3 cm³/mol. The van der Waals surface area contributed by atoms with Gasteiger partial charge in [-0.15, -0.1) is 0 Å². The number of nitrogens with two attached hydrogens (primary N) is 1. The molecule has 1 aromatic heterocycles. The zero-order chi connectivity index (χ0) is 15.1. The molecule has 1 saturated heterocycles. The van der Waals surface area contributed by atoms with E-state index in [1.165, 1.54) is 0 Å². The lowest BCUT2D eigenvalue weighted by Crippen LogP contribution is -2.28. The third kappa shape index (κ3) is 2.35. The van der Waals surface area contributed by atoms with Crippen LogP contribution in [0.4, 0.5) is 5.95 Å². The van der Waals surface area contributed by atoms with Crippen molar-refractivity contribution < 1.29 is 0 Å². The zero-order valence-corrected chi connectivity index (χ0v) is 14.8. The highest BCUT2D eigenvalue weighted by Crippen LogP contribution is 2.35. The first-order valence-corrected chi connectivity index (χ1v) is 8.44. The summed E-state index contributed by atoms with van der Waals surface area (Å²) in [6, 6.07) is 4.46. The molecule has 2 heterocycles. The van der Waals surface area contributed by atoms with Crippen LogP contribution < -0.4 is 10.6 Å². The van der Waals surface area contributed by atoms with Crippen molar-refractivity contribution in [1.29, 1.82) is 5.26 Å². The zero-order valence-electron chi connectivity index (χ0n) is 11.6. The normalized spacial score (nSPS) is 18.4. The molecule has 1 fully saturated rings. The second-order valence-corrected chi connectivity index (χ2v) is 6.83. The average molecular weight is 413 g/mol. The highest BCUT2D eigenvalue weighted by molar-refractivity contribution is 9.13. The molecule has 0 bridgehead atoms.